The van der Waals surface area contributed by atoms with Crippen LogP contribution in [0.25, 0.3) is 0 Å². The molecule has 1 nitrogen and oxygen atoms in total. The van der Waals surface area contributed by atoms with E-state index in [1.54, 1.807) is 0 Å². The average molecular weight is 367 g/mol. The fourth-order valence-electron chi connectivity index (χ4n) is 6.65. The second-order valence-electron chi connectivity index (χ2n) is 9.67. The molecule has 5 atom stereocenters. The minimum absolute atomic E-state index is 0.285. The maximum Gasteiger partial charge on any atom is 0.157 e. The Hall–Kier alpha value is -0.440. The number of halogens is 2. The van der Waals surface area contributed by atoms with Crippen LogP contribution in [0.2, 0.25) is 0 Å². The highest BCUT2D eigenvalue weighted by Gasteiger charge is 2.41. The highest BCUT2D eigenvalue weighted by Crippen LogP contribution is 2.46. The molecule has 3 saturated carbocycles. The molecule has 1 N–H and O–H groups in total. The van der Waals surface area contributed by atoms with Crippen LogP contribution in [0.4, 0.5) is 8.78 Å². The SMILES string of the molecule is OC1CCC(C2=CCC(C3CCC(C4CCCC4)CC3)CC2)C(F)C1F. The smallest absolute Gasteiger partial charge is 0.157 e. The van der Waals surface area contributed by atoms with Gasteiger partial charge in [0.15, 0.2) is 6.17 Å². The van der Waals surface area contributed by atoms with Gasteiger partial charge in [-0.15, -0.1) is 0 Å². The molecule has 0 amide bonds. The zero-order valence-electron chi connectivity index (χ0n) is 16.1. The van der Waals surface area contributed by atoms with Crippen molar-refractivity contribution in [3.8, 4) is 0 Å². The van der Waals surface area contributed by atoms with Gasteiger partial charge in [0.05, 0.1) is 6.10 Å². The van der Waals surface area contributed by atoms with Gasteiger partial charge in [0, 0.05) is 5.92 Å². The van der Waals surface area contributed by atoms with Gasteiger partial charge < -0.3 is 5.11 Å². The highest BCUT2D eigenvalue weighted by atomic mass is 19.2. The van der Waals surface area contributed by atoms with Crippen LogP contribution in [0.1, 0.15) is 83.5 Å². The Morgan fingerprint density at radius 1 is 0.692 bits per heavy atom. The van der Waals surface area contributed by atoms with Crippen molar-refractivity contribution >= 4 is 0 Å². The number of aliphatic hydroxyl groups is 1. The van der Waals surface area contributed by atoms with Crippen molar-refractivity contribution < 1.29 is 13.9 Å². The van der Waals surface area contributed by atoms with Crippen LogP contribution >= 0.6 is 0 Å². The van der Waals surface area contributed by atoms with Crippen molar-refractivity contribution in [1.82, 2.24) is 0 Å². The Balaban J connectivity index is 1.28. The zero-order valence-corrected chi connectivity index (χ0v) is 16.1. The molecule has 0 heterocycles. The van der Waals surface area contributed by atoms with Crippen molar-refractivity contribution in [1.29, 1.82) is 0 Å². The fraction of sp³-hybridized carbons (Fsp3) is 0.913. The third-order valence-electron chi connectivity index (χ3n) is 8.34. The second kappa shape index (κ2) is 8.29. The standard InChI is InChI=1S/C23H36F2O/c24-22-20(13-14-21(26)23(22)25)19-11-9-18(10-12-19)17-7-5-16(6-8-17)15-3-1-2-4-15/h11,15-18,20-23,26H,1-10,12-14H2. The molecule has 3 heteroatoms. The topological polar surface area (TPSA) is 20.2 Å². The molecule has 4 aliphatic carbocycles. The normalized spacial score (nSPS) is 45.5. The van der Waals surface area contributed by atoms with Crippen LogP contribution in [-0.4, -0.2) is 23.6 Å². The van der Waals surface area contributed by atoms with Gasteiger partial charge >= 0.3 is 0 Å². The summed E-state index contributed by atoms with van der Waals surface area (Å²) in [7, 11) is 0. The Morgan fingerprint density at radius 3 is 1.92 bits per heavy atom. The molecule has 0 aliphatic heterocycles. The minimum Gasteiger partial charge on any atom is -0.390 e. The first-order valence-corrected chi connectivity index (χ1v) is 11.3. The molecule has 0 radical (unpaired) electrons. The predicted molar refractivity (Wildman–Crippen MR) is 101 cm³/mol. The molecule has 148 valence electrons. The van der Waals surface area contributed by atoms with Crippen LogP contribution in [0.5, 0.6) is 0 Å². The fourth-order valence-corrected chi connectivity index (χ4v) is 6.65. The van der Waals surface area contributed by atoms with Crippen LogP contribution in [0.3, 0.4) is 0 Å². The third kappa shape index (κ3) is 3.88. The molecule has 0 aromatic rings. The average Bonchev–Trinajstić information content (AvgIpc) is 3.22. The highest BCUT2D eigenvalue weighted by molar-refractivity contribution is 5.15. The Morgan fingerprint density at radius 2 is 1.31 bits per heavy atom. The van der Waals surface area contributed by atoms with E-state index in [2.05, 4.69) is 6.08 Å². The maximum atomic E-state index is 14.3. The van der Waals surface area contributed by atoms with Crippen LogP contribution in [-0.2, 0) is 0 Å². The summed E-state index contributed by atoms with van der Waals surface area (Å²) in [6, 6.07) is 0. The van der Waals surface area contributed by atoms with Crippen molar-refractivity contribution in [2.24, 2.45) is 29.6 Å². The van der Waals surface area contributed by atoms with E-state index < -0.39 is 18.4 Å². The van der Waals surface area contributed by atoms with E-state index >= 15 is 0 Å². The molecule has 3 fully saturated rings. The lowest BCUT2D eigenvalue weighted by molar-refractivity contribution is -0.0272. The van der Waals surface area contributed by atoms with Gasteiger partial charge in [-0.05, 0) is 81.5 Å². The van der Waals surface area contributed by atoms with Crippen LogP contribution in [0, 0.1) is 29.6 Å². The first-order valence-electron chi connectivity index (χ1n) is 11.3. The summed E-state index contributed by atoms with van der Waals surface area (Å²) in [5.74, 6) is 3.34. The number of allylic oxidation sites excluding steroid dienone is 2. The van der Waals surface area contributed by atoms with Gasteiger partial charge in [0.25, 0.3) is 0 Å². The molecule has 0 bridgehead atoms. The molecule has 0 aromatic heterocycles. The first kappa shape index (κ1) is 18.9. The monoisotopic (exact) mass is 366 g/mol. The maximum absolute atomic E-state index is 14.3. The molecule has 5 unspecified atom stereocenters. The van der Waals surface area contributed by atoms with E-state index in [-0.39, 0.29) is 5.92 Å². The van der Waals surface area contributed by atoms with Gasteiger partial charge in [0.2, 0.25) is 0 Å². The van der Waals surface area contributed by atoms with Gasteiger partial charge in [-0.2, -0.15) is 0 Å². The third-order valence-corrected chi connectivity index (χ3v) is 8.34. The summed E-state index contributed by atoms with van der Waals surface area (Å²) >= 11 is 0. The summed E-state index contributed by atoms with van der Waals surface area (Å²) in [5, 5.41) is 9.54. The van der Waals surface area contributed by atoms with Gasteiger partial charge in [-0.1, -0.05) is 37.3 Å². The minimum atomic E-state index is -1.70. The van der Waals surface area contributed by atoms with Gasteiger partial charge in [0.1, 0.15) is 6.17 Å². The number of hydrogen-bond acceptors (Lipinski definition) is 1. The summed E-state index contributed by atoms with van der Waals surface area (Å²) in [6.07, 6.45) is 13.6. The summed E-state index contributed by atoms with van der Waals surface area (Å²) in [6.45, 7) is 0. The van der Waals surface area contributed by atoms with E-state index in [0.29, 0.717) is 12.8 Å². The van der Waals surface area contributed by atoms with Crippen LogP contribution in [0.15, 0.2) is 11.6 Å². The molecule has 26 heavy (non-hydrogen) atoms. The van der Waals surface area contributed by atoms with Crippen molar-refractivity contribution in [3.05, 3.63) is 11.6 Å². The van der Waals surface area contributed by atoms with Gasteiger partial charge in [-0.25, -0.2) is 8.78 Å². The second-order valence-corrected chi connectivity index (χ2v) is 9.67. The molecule has 0 spiro atoms. The number of hydrogen-bond donors (Lipinski definition) is 1. The van der Waals surface area contributed by atoms with Crippen LogP contribution < -0.4 is 0 Å². The lowest BCUT2D eigenvalue weighted by atomic mass is 9.67. The molecular formula is C23H36F2O. The van der Waals surface area contributed by atoms with E-state index in [0.717, 1.165) is 48.5 Å². The first-order chi connectivity index (χ1) is 12.6. The molecule has 4 rings (SSSR count). The molecule has 4 aliphatic rings. The Labute approximate surface area is 157 Å². The van der Waals surface area contributed by atoms with E-state index in [1.807, 2.05) is 0 Å². The molecule has 0 aromatic carbocycles. The lowest BCUT2D eigenvalue weighted by Crippen LogP contribution is -2.42. The van der Waals surface area contributed by atoms with E-state index in [1.165, 1.54) is 51.4 Å². The van der Waals surface area contributed by atoms with Crippen molar-refractivity contribution in [2.75, 3.05) is 0 Å². The quantitative estimate of drug-likeness (QED) is 0.593. The van der Waals surface area contributed by atoms with E-state index in [9.17, 15) is 13.9 Å². The van der Waals surface area contributed by atoms with E-state index in [4.69, 9.17) is 0 Å². The largest absolute Gasteiger partial charge is 0.390 e. The number of aliphatic hydroxyl groups excluding tert-OH is 1. The Kier molecular flexibility index (Phi) is 6.02. The van der Waals surface area contributed by atoms with Gasteiger partial charge in [-0.3, -0.25) is 0 Å². The predicted octanol–water partition coefficient (Wildman–Crippen LogP) is 6.16. The summed E-state index contributed by atoms with van der Waals surface area (Å²) in [4.78, 5) is 0. The van der Waals surface area contributed by atoms with Crippen molar-refractivity contribution in [2.45, 2.75) is 102 Å². The summed E-state index contributed by atoms with van der Waals surface area (Å²) in [5.41, 5.74) is 1.14. The molecular weight excluding hydrogens is 330 g/mol. The number of rotatable bonds is 3. The van der Waals surface area contributed by atoms with Crippen molar-refractivity contribution in [3.63, 3.8) is 0 Å². The summed E-state index contributed by atoms with van der Waals surface area (Å²) < 4.78 is 28.2. The Bertz CT molecular complexity index is 490. The number of alkyl halides is 2. The molecule has 0 saturated heterocycles. The zero-order chi connectivity index (χ0) is 18.1. The lowest BCUT2D eigenvalue weighted by Gasteiger charge is -2.39.